The van der Waals surface area contributed by atoms with Crippen molar-refractivity contribution in [1.82, 2.24) is 4.31 Å². The fourth-order valence-corrected chi connectivity index (χ4v) is 4.45. The number of sulfonamides is 1. The molecule has 2 aromatic carbocycles. The average Bonchev–Trinajstić information content (AvgIpc) is 2.59. The van der Waals surface area contributed by atoms with Crippen LogP contribution >= 0.6 is 0 Å². The molecule has 0 spiro atoms. The molecule has 5 nitrogen and oxygen atoms in total. The molecule has 0 unspecified atom stereocenters. The molecule has 2 aromatic rings. The highest BCUT2D eigenvalue weighted by atomic mass is 32.2. The molecule has 0 aliphatic heterocycles. The van der Waals surface area contributed by atoms with Gasteiger partial charge in [0.2, 0.25) is 15.9 Å². The Labute approximate surface area is 149 Å². The van der Waals surface area contributed by atoms with Gasteiger partial charge in [0.25, 0.3) is 0 Å². The Morgan fingerprint density at radius 3 is 2.60 bits per heavy atom. The molecule has 0 aliphatic rings. The first-order chi connectivity index (χ1) is 11.9. The number of hydrogen-bond donors (Lipinski definition) is 0. The summed E-state index contributed by atoms with van der Waals surface area (Å²) in [7, 11) is -1.95. The van der Waals surface area contributed by atoms with Gasteiger partial charge in [-0.25, -0.2) is 12.7 Å². The van der Waals surface area contributed by atoms with E-state index in [0.29, 0.717) is 12.8 Å². The highest BCUT2D eigenvalue weighted by Gasteiger charge is 2.23. The summed E-state index contributed by atoms with van der Waals surface area (Å²) >= 11 is 0. The van der Waals surface area contributed by atoms with Gasteiger partial charge in [0.05, 0.1) is 12.9 Å². The van der Waals surface area contributed by atoms with Gasteiger partial charge in [-0.2, -0.15) is 0 Å². The Balaban J connectivity index is 2.26. The van der Waals surface area contributed by atoms with Crippen LogP contribution in [0.5, 0.6) is 5.75 Å². The van der Waals surface area contributed by atoms with E-state index in [-0.39, 0.29) is 12.3 Å². The first-order valence-electron chi connectivity index (χ1n) is 8.45. The molecule has 0 aromatic heterocycles. The Morgan fingerprint density at radius 2 is 1.96 bits per heavy atom. The van der Waals surface area contributed by atoms with Crippen molar-refractivity contribution >= 4 is 26.7 Å². The van der Waals surface area contributed by atoms with E-state index in [1.54, 1.807) is 7.11 Å². The molecule has 0 radical (unpaired) electrons. The van der Waals surface area contributed by atoms with Crippen molar-refractivity contribution in [3.63, 3.8) is 0 Å². The lowest BCUT2D eigenvalue weighted by Gasteiger charge is -2.21. The maximum Gasteiger partial charge on any atom is 0.237 e. The third kappa shape index (κ3) is 4.72. The summed E-state index contributed by atoms with van der Waals surface area (Å²) < 4.78 is 31.1. The van der Waals surface area contributed by atoms with E-state index in [2.05, 4.69) is 0 Å². The number of rotatable bonds is 8. The van der Waals surface area contributed by atoms with E-state index in [4.69, 9.17) is 4.74 Å². The molecule has 6 heteroatoms. The minimum atomic E-state index is -3.56. The topological polar surface area (TPSA) is 63.7 Å². The summed E-state index contributed by atoms with van der Waals surface area (Å²) in [5, 5.41) is 2.07. The van der Waals surface area contributed by atoms with Gasteiger partial charge in [0, 0.05) is 13.5 Å². The zero-order valence-corrected chi connectivity index (χ0v) is 15.8. The van der Waals surface area contributed by atoms with Crippen LogP contribution in [0.1, 0.15) is 32.3 Å². The number of carbonyl (C=O) groups is 1. The number of hydrogen-bond acceptors (Lipinski definition) is 4. The van der Waals surface area contributed by atoms with Gasteiger partial charge in [-0.05, 0) is 41.3 Å². The van der Waals surface area contributed by atoms with Crippen molar-refractivity contribution < 1.29 is 17.9 Å². The lowest BCUT2D eigenvalue weighted by Crippen LogP contribution is -2.38. The van der Waals surface area contributed by atoms with Crippen LogP contribution in [0.4, 0.5) is 0 Å². The van der Waals surface area contributed by atoms with Crippen LogP contribution < -0.4 is 4.74 Å². The molecule has 1 amide bonds. The lowest BCUT2D eigenvalue weighted by molar-refractivity contribution is -0.124. The summed E-state index contributed by atoms with van der Waals surface area (Å²) in [6, 6.07) is 11.7. The van der Waals surface area contributed by atoms with Gasteiger partial charge in [-0.1, -0.05) is 37.6 Å². The molecular weight excluding hydrogens is 338 g/mol. The fourth-order valence-electron chi connectivity index (χ4n) is 2.81. The second-order valence-corrected chi connectivity index (χ2v) is 8.03. The van der Waals surface area contributed by atoms with Crippen LogP contribution in [0.25, 0.3) is 10.8 Å². The average molecular weight is 363 g/mol. The van der Waals surface area contributed by atoms with E-state index in [9.17, 15) is 13.2 Å². The van der Waals surface area contributed by atoms with Crippen molar-refractivity contribution in [2.45, 2.75) is 33.1 Å². The zero-order valence-electron chi connectivity index (χ0n) is 15.0. The first kappa shape index (κ1) is 19.2. The quantitative estimate of drug-likeness (QED) is 0.721. The van der Waals surface area contributed by atoms with Crippen molar-refractivity contribution in [3.05, 3.63) is 42.0 Å². The summed E-state index contributed by atoms with van der Waals surface area (Å²) in [4.78, 5) is 11.9. The predicted molar refractivity (Wildman–Crippen MR) is 100 cm³/mol. The standard InChI is InChI=1S/C19H25NO4S/c1-4-5-13-25(22,23)20(15(2)21)12-11-17-8-6-7-16-9-10-18(24-3)14-19(16)17/h6-10,14H,4-5,11-13H2,1-3H3. The molecule has 0 bridgehead atoms. The minimum absolute atomic E-state index is 0.00639. The van der Waals surface area contributed by atoms with E-state index < -0.39 is 15.9 Å². The van der Waals surface area contributed by atoms with Crippen molar-refractivity contribution in [2.75, 3.05) is 19.4 Å². The molecule has 25 heavy (non-hydrogen) atoms. The number of amides is 1. The lowest BCUT2D eigenvalue weighted by atomic mass is 10.0. The number of fused-ring (bicyclic) bond motifs is 1. The van der Waals surface area contributed by atoms with Crippen molar-refractivity contribution in [3.8, 4) is 5.75 Å². The maximum absolute atomic E-state index is 12.4. The van der Waals surface area contributed by atoms with Crippen LogP contribution in [0.2, 0.25) is 0 Å². The van der Waals surface area contributed by atoms with Crippen LogP contribution in [0.3, 0.4) is 0 Å². The van der Waals surface area contributed by atoms with Crippen LogP contribution in [-0.4, -0.2) is 38.0 Å². The normalized spacial score (nSPS) is 11.5. The van der Waals surface area contributed by atoms with Crippen molar-refractivity contribution in [2.24, 2.45) is 0 Å². The number of nitrogens with zero attached hydrogens (tertiary/aromatic N) is 1. The first-order valence-corrected chi connectivity index (χ1v) is 10.1. The van der Waals surface area contributed by atoms with Gasteiger partial charge in [0.15, 0.2) is 0 Å². The van der Waals surface area contributed by atoms with Gasteiger partial charge in [0.1, 0.15) is 5.75 Å². The second kappa shape index (κ2) is 8.34. The van der Waals surface area contributed by atoms with E-state index in [1.807, 2.05) is 43.3 Å². The monoisotopic (exact) mass is 363 g/mol. The highest BCUT2D eigenvalue weighted by molar-refractivity contribution is 7.89. The molecular formula is C19H25NO4S. The van der Waals surface area contributed by atoms with E-state index in [1.165, 1.54) is 6.92 Å². The molecule has 0 atom stereocenters. The zero-order chi connectivity index (χ0) is 18.4. The van der Waals surface area contributed by atoms with Gasteiger partial charge >= 0.3 is 0 Å². The Bertz CT molecular complexity index is 846. The molecule has 2 rings (SSSR count). The number of benzene rings is 2. The van der Waals surface area contributed by atoms with Gasteiger partial charge < -0.3 is 4.74 Å². The molecule has 0 fully saturated rings. The number of unbranched alkanes of at least 4 members (excludes halogenated alkanes) is 1. The predicted octanol–water partition coefficient (Wildman–Crippen LogP) is 3.37. The maximum atomic E-state index is 12.4. The molecule has 136 valence electrons. The van der Waals surface area contributed by atoms with E-state index in [0.717, 1.165) is 32.8 Å². The number of ether oxygens (including phenoxy) is 1. The Morgan fingerprint density at radius 1 is 1.20 bits per heavy atom. The molecule has 0 saturated carbocycles. The summed E-state index contributed by atoms with van der Waals surface area (Å²) in [5.41, 5.74) is 0.994. The largest absolute Gasteiger partial charge is 0.497 e. The SMILES string of the molecule is CCCCS(=O)(=O)N(CCc1cccc2ccc(OC)cc12)C(C)=O. The minimum Gasteiger partial charge on any atom is -0.497 e. The van der Waals surface area contributed by atoms with Gasteiger partial charge in [-0.15, -0.1) is 0 Å². The highest BCUT2D eigenvalue weighted by Crippen LogP contribution is 2.24. The van der Waals surface area contributed by atoms with Crippen LogP contribution in [0.15, 0.2) is 36.4 Å². The number of carbonyl (C=O) groups excluding carboxylic acids is 1. The Hall–Kier alpha value is -2.08. The van der Waals surface area contributed by atoms with E-state index >= 15 is 0 Å². The molecule has 0 saturated heterocycles. The second-order valence-electron chi connectivity index (χ2n) is 6.01. The van der Waals surface area contributed by atoms with Crippen LogP contribution in [0, 0.1) is 0 Å². The number of methoxy groups -OCH3 is 1. The third-order valence-corrected chi connectivity index (χ3v) is 6.12. The summed E-state index contributed by atoms with van der Waals surface area (Å²) in [6.45, 7) is 3.38. The summed E-state index contributed by atoms with van der Waals surface area (Å²) in [6.07, 6.45) is 1.79. The fraction of sp³-hybridized carbons (Fsp3) is 0.421. The Kier molecular flexibility index (Phi) is 6.42. The summed E-state index contributed by atoms with van der Waals surface area (Å²) in [5.74, 6) is 0.319. The van der Waals surface area contributed by atoms with Gasteiger partial charge in [-0.3, -0.25) is 4.79 Å². The molecule has 0 aliphatic carbocycles. The van der Waals surface area contributed by atoms with Crippen molar-refractivity contribution in [1.29, 1.82) is 0 Å². The smallest absolute Gasteiger partial charge is 0.237 e. The molecule has 0 heterocycles. The van der Waals surface area contributed by atoms with Crippen LogP contribution in [-0.2, 0) is 21.2 Å². The molecule has 0 N–H and O–H groups in total. The third-order valence-electron chi connectivity index (χ3n) is 4.21.